The number of fused-ring (bicyclic) bond motifs is 6. The molecule has 0 unspecified atom stereocenters. The van der Waals surface area contributed by atoms with Crippen LogP contribution in [0.3, 0.4) is 0 Å². The average molecular weight is 819 g/mol. The van der Waals surface area contributed by atoms with Crippen molar-refractivity contribution in [3.63, 3.8) is 0 Å². The standard InChI is InChI=1S/C60H42N2Si/c1-6-21-43(22-7-1)45-37-40-56(53(41-45)44-23-8-2-9-24-44)62-54-33-18-16-31-50(54)51-39-38-46(42-58(51)62)61-55-34-19-17-32-52(55)60-57(61)35-20-36-59(60)63(47-25-10-3-11-26-47,48-27-12-4-13-28-48)49-29-14-5-15-30-49/h1-42H. The fraction of sp³-hybridized carbons (Fsp3) is 0. The van der Waals surface area contributed by atoms with Crippen LogP contribution >= 0.6 is 0 Å². The predicted octanol–water partition coefficient (Wildman–Crippen LogP) is 12.6. The van der Waals surface area contributed by atoms with E-state index >= 15 is 0 Å². The molecule has 0 aliphatic heterocycles. The molecule has 0 spiro atoms. The maximum absolute atomic E-state index is 2.87. The summed E-state index contributed by atoms with van der Waals surface area (Å²) in [7, 11) is -2.87. The van der Waals surface area contributed by atoms with E-state index in [9.17, 15) is 0 Å². The van der Waals surface area contributed by atoms with Gasteiger partial charge in [-0.25, -0.2) is 0 Å². The zero-order chi connectivity index (χ0) is 41.7. The van der Waals surface area contributed by atoms with Crippen LogP contribution in [0.5, 0.6) is 0 Å². The van der Waals surface area contributed by atoms with Crippen LogP contribution in [0.15, 0.2) is 255 Å². The molecule has 0 fully saturated rings. The highest BCUT2D eigenvalue weighted by molar-refractivity contribution is 7.20. The maximum atomic E-state index is 2.51. The molecule has 0 N–H and O–H groups in total. The summed E-state index contributed by atoms with van der Waals surface area (Å²) in [5.74, 6) is 0. The molecule has 296 valence electrons. The van der Waals surface area contributed by atoms with Crippen LogP contribution < -0.4 is 20.7 Å². The molecular formula is C60H42N2Si. The van der Waals surface area contributed by atoms with Gasteiger partial charge in [-0.15, -0.1) is 0 Å². The van der Waals surface area contributed by atoms with Crippen LogP contribution in [0, 0.1) is 0 Å². The molecule has 0 atom stereocenters. The summed E-state index contributed by atoms with van der Waals surface area (Å²) in [6.45, 7) is 0. The van der Waals surface area contributed by atoms with Gasteiger partial charge in [0.25, 0.3) is 0 Å². The van der Waals surface area contributed by atoms with E-state index in [4.69, 9.17) is 0 Å². The molecule has 10 aromatic carbocycles. The fourth-order valence-electron chi connectivity index (χ4n) is 10.4. The van der Waals surface area contributed by atoms with Gasteiger partial charge >= 0.3 is 0 Å². The summed E-state index contributed by atoms with van der Waals surface area (Å²) < 4.78 is 5.00. The van der Waals surface area contributed by atoms with Gasteiger partial charge < -0.3 is 9.13 Å². The molecule has 3 heteroatoms. The van der Waals surface area contributed by atoms with Crippen molar-refractivity contribution in [2.24, 2.45) is 0 Å². The summed E-state index contributed by atoms with van der Waals surface area (Å²) in [5, 5.41) is 10.5. The minimum Gasteiger partial charge on any atom is -0.309 e. The Morgan fingerprint density at radius 1 is 0.286 bits per heavy atom. The summed E-state index contributed by atoms with van der Waals surface area (Å²) in [5.41, 5.74) is 11.8. The zero-order valence-electron chi connectivity index (χ0n) is 34.6. The number of aromatic nitrogens is 2. The highest BCUT2D eigenvalue weighted by atomic mass is 28.3. The van der Waals surface area contributed by atoms with E-state index in [1.165, 1.54) is 86.6 Å². The first-order chi connectivity index (χ1) is 31.3. The van der Waals surface area contributed by atoms with Crippen LogP contribution in [0.4, 0.5) is 0 Å². The van der Waals surface area contributed by atoms with Gasteiger partial charge in [0.1, 0.15) is 0 Å². The van der Waals surface area contributed by atoms with Gasteiger partial charge in [0, 0.05) is 32.8 Å². The van der Waals surface area contributed by atoms with Crippen LogP contribution in [0.25, 0.3) is 77.2 Å². The number of benzene rings is 10. The second kappa shape index (κ2) is 15.2. The highest BCUT2D eigenvalue weighted by Crippen LogP contribution is 2.40. The van der Waals surface area contributed by atoms with Crippen LogP contribution in [-0.2, 0) is 0 Å². The van der Waals surface area contributed by atoms with Gasteiger partial charge in [-0.3, -0.25) is 0 Å². The third-order valence-corrected chi connectivity index (χ3v) is 17.9. The van der Waals surface area contributed by atoms with Gasteiger partial charge in [-0.05, 0) is 79.9 Å². The average Bonchev–Trinajstić information content (AvgIpc) is 3.88. The maximum Gasteiger partial charge on any atom is 0.180 e. The van der Waals surface area contributed by atoms with E-state index < -0.39 is 8.07 Å². The van der Waals surface area contributed by atoms with Gasteiger partial charge in [0.15, 0.2) is 8.07 Å². The third-order valence-electron chi connectivity index (χ3n) is 13.1. The van der Waals surface area contributed by atoms with Crippen molar-refractivity contribution in [2.45, 2.75) is 0 Å². The van der Waals surface area contributed by atoms with Crippen molar-refractivity contribution >= 4 is 72.4 Å². The normalized spacial score (nSPS) is 11.8. The predicted molar refractivity (Wildman–Crippen MR) is 270 cm³/mol. The third kappa shape index (κ3) is 5.85. The highest BCUT2D eigenvalue weighted by Gasteiger charge is 2.43. The second-order valence-electron chi connectivity index (χ2n) is 16.4. The Bertz CT molecular complexity index is 3500. The van der Waals surface area contributed by atoms with Crippen LogP contribution in [0.2, 0.25) is 0 Å². The minimum atomic E-state index is -2.87. The molecule has 0 aliphatic carbocycles. The van der Waals surface area contributed by atoms with Gasteiger partial charge in [0.2, 0.25) is 0 Å². The lowest BCUT2D eigenvalue weighted by Gasteiger charge is -2.35. The van der Waals surface area contributed by atoms with Gasteiger partial charge in [-0.1, -0.05) is 212 Å². The van der Waals surface area contributed by atoms with E-state index in [1.807, 2.05) is 0 Å². The molecular weight excluding hydrogens is 777 g/mol. The van der Waals surface area contributed by atoms with Crippen molar-refractivity contribution in [2.75, 3.05) is 0 Å². The molecule has 12 rings (SSSR count). The second-order valence-corrected chi connectivity index (χ2v) is 20.2. The van der Waals surface area contributed by atoms with E-state index in [-0.39, 0.29) is 0 Å². The molecule has 2 aromatic heterocycles. The number of hydrogen-bond acceptors (Lipinski definition) is 0. The monoisotopic (exact) mass is 818 g/mol. The molecule has 0 bridgehead atoms. The van der Waals surface area contributed by atoms with Crippen molar-refractivity contribution in [1.29, 1.82) is 0 Å². The van der Waals surface area contributed by atoms with Gasteiger partial charge in [-0.2, -0.15) is 0 Å². The zero-order valence-corrected chi connectivity index (χ0v) is 35.6. The van der Waals surface area contributed by atoms with Crippen LogP contribution in [0.1, 0.15) is 0 Å². The lowest BCUT2D eigenvalue weighted by molar-refractivity contribution is 1.16. The Balaban J connectivity index is 1.15. The summed E-state index contributed by atoms with van der Waals surface area (Å²) in [4.78, 5) is 0. The lowest BCUT2D eigenvalue weighted by atomic mass is 9.97. The number of hydrogen-bond donors (Lipinski definition) is 0. The van der Waals surface area contributed by atoms with Crippen LogP contribution in [-0.4, -0.2) is 17.2 Å². The summed E-state index contributed by atoms with van der Waals surface area (Å²) >= 11 is 0. The number of nitrogens with zero attached hydrogens (tertiary/aromatic N) is 2. The molecule has 2 heterocycles. The Kier molecular flexibility index (Phi) is 8.87. The summed E-state index contributed by atoms with van der Waals surface area (Å²) in [6.07, 6.45) is 0. The molecule has 0 aliphatic rings. The lowest BCUT2D eigenvalue weighted by Crippen LogP contribution is -2.74. The Morgan fingerprint density at radius 2 is 0.778 bits per heavy atom. The molecule has 0 amide bonds. The quantitative estimate of drug-likeness (QED) is 0.107. The first-order valence-corrected chi connectivity index (χ1v) is 23.8. The van der Waals surface area contributed by atoms with Crippen molar-refractivity contribution < 1.29 is 0 Å². The number of para-hydroxylation sites is 2. The number of rotatable bonds is 8. The molecule has 0 saturated carbocycles. The molecule has 2 nitrogen and oxygen atoms in total. The van der Waals surface area contributed by atoms with Crippen molar-refractivity contribution in [1.82, 2.24) is 9.13 Å². The van der Waals surface area contributed by atoms with E-state index in [2.05, 4.69) is 264 Å². The topological polar surface area (TPSA) is 9.86 Å². The molecule has 12 aromatic rings. The summed E-state index contributed by atoms with van der Waals surface area (Å²) in [6, 6.07) is 94.3. The molecule has 0 radical (unpaired) electrons. The SMILES string of the molecule is c1ccc(-c2ccc(-n3c4ccccc4c4ccc(-n5c6ccccc6c6c([Si](c7ccccc7)(c7ccccc7)c7ccccc7)cccc65)cc43)c(-c3ccccc3)c2)cc1. The molecule has 0 saturated heterocycles. The Morgan fingerprint density at radius 3 is 1.40 bits per heavy atom. The van der Waals surface area contributed by atoms with Gasteiger partial charge in [0.05, 0.1) is 27.8 Å². The van der Waals surface area contributed by atoms with Crippen molar-refractivity contribution in [3.05, 3.63) is 255 Å². The minimum absolute atomic E-state index is 1.13. The first-order valence-electron chi connectivity index (χ1n) is 21.8. The van der Waals surface area contributed by atoms with E-state index in [0.717, 1.165) is 11.4 Å². The van der Waals surface area contributed by atoms with Crippen molar-refractivity contribution in [3.8, 4) is 33.6 Å². The first kappa shape index (κ1) is 36.8. The fourth-order valence-corrected chi connectivity index (χ4v) is 15.4. The molecule has 63 heavy (non-hydrogen) atoms. The van der Waals surface area contributed by atoms with E-state index in [0.29, 0.717) is 0 Å². The van der Waals surface area contributed by atoms with E-state index in [1.54, 1.807) is 0 Å². The smallest absolute Gasteiger partial charge is 0.180 e. The largest absolute Gasteiger partial charge is 0.309 e. The Hall–Kier alpha value is -7.98. The Labute approximate surface area is 368 Å².